The van der Waals surface area contributed by atoms with Gasteiger partial charge in [0.2, 0.25) is 0 Å². The highest BCUT2D eigenvalue weighted by atomic mass is 35.5. The van der Waals surface area contributed by atoms with Crippen LogP contribution >= 0.6 is 11.6 Å². The molecular formula is C9H17ClN4. The lowest BCUT2D eigenvalue weighted by molar-refractivity contribution is 0.379. The summed E-state index contributed by atoms with van der Waals surface area (Å²) in [6, 6.07) is 0. The molecule has 1 unspecified atom stereocenters. The van der Waals surface area contributed by atoms with Gasteiger partial charge < -0.3 is 4.90 Å². The third-order valence-corrected chi connectivity index (χ3v) is 2.18. The Hall–Kier alpha value is -0.610. The van der Waals surface area contributed by atoms with Crippen LogP contribution < -0.4 is 0 Å². The molecule has 0 radical (unpaired) electrons. The average Bonchev–Trinajstić information content (AvgIpc) is 2.52. The Bertz CT molecular complexity index is 270. The summed E-state index contributed by atoms with van der Waals surface area (Å²) in [4.78, 5) is 2.15. The van der Waals surface area contributed by atoms with Crippen LogP contribution in [0.3, 0.4) is 0 Å². The van der Waals surface area contributed by atoms with E-state index in [1.165, 1.54) is 0 Å². The van der Waals surface area contributed by atoms with Crippen molar-refractivity contribution >= 4 is 11.6 Å². The minimum atomic E-state index is -0.0578. The zero-order valence-corrected chi connectivity index (χ0v) is 9.70. The summed E-state index contributed by atoms with van der Waals surface area (Å²) in [5, 5.41) is 7.92. The van der Waals surface area contributed by atoms with E-state index in [0.717, 1.165) is 25.2 Å². The third-order valence-electron chi connectivity index (χ3n) is 1.96. The van der Waals surface area contributed by atoms with Crippen LogP contribution in [0.5, 0.6) is 0 Å². The molecule has 5 heteroatoms. The fourth-order valence-electron chi connectivity index (χ4n) is 1.15. The van der Waals surface area contributed by atoms with E-state index in [-0.39, 0.29) is 5.38 Å². The maximum Gasteiger partial charge on any atom is 0.100 e. The maximum absolute atomic E-state index is 5.88. The van der Waals surface area contributed by atoms with Crippen LogP contribution in [-0.2, 0) is 6.54 Å². The second-order valence-electron chi connectivity index (χ2n) is 3.68. The summed E-state index contributed by atoms with van der Waals surface area (Å²) < 4.78 is 1.84. The van der Waals surface area contributed by atoms with Gasteiger partial charge in [0.1, 0.15) is 5.69 Å². The minimum absolute atomic E-state index is 0.0578. The number of aryl methyl sites for hydroxylation is 1. The zero-order valence-electron chi connectivity index (χ0n) is 8.94. The molecule has 1 aromatic heterocycles. The van der Waals surface area contributed by atoms with Gasteiger partial charge in [0, 0.05) is 12.7 Å². The molecule has 0 bridgehead atoms. The van der Waals surface area contributed by atoms with Crippen molar-refractivity contribution in [3.8, 4) is 0 Å². The summed E-state index contributed by atoms with van der Waals surface area (Å²) in [5.41, 5.74) is 0.844. The van der Waals surface area contributed by atoms with Crippen LogP contribution in [-0.4, -0.2) is 40.5 Å². The van der Waals surface area contributed by atoms with Gasteiger partial charge in [0.25, 0.3) is 0 Å². The summed E-state index contributed by atoms with van der Waals surface area (Å²) >= 11 is 5.88. The molecule has 1 rings (SSSR count). The topological polar surface area (TPSA) is 34.0 Å². The first kappa shape index (κ1) is 11.5. The van der Waals surface area contributed by atoms with Gasteiger partial charge in [-0.15, -0.1) is 16.7 Å². The lowest BCUT2D eigenvalue weighted by atomic mass is 10.3. The fraction of sp³-hybridized carbons (Fsp3) is 0.778. The van der Waals surface area contributed by atoms with Gasteiger partial charge in [-0.1, -0.05) is 5.21 Å². The SMILES string of the molecule is CC(Cl)c1cn(CCCN(C)C)nn1. The molecule has 80 valence electrons. The Labute approximate surface area is 89.8 Å². The molecule has 0 saturated carbocycles. The molecule has 0 aromatic carbocycles. The Morgan fingerprint density at radius 2 is 2.29 bits per heavy atom. The first-order valence-corrected chi connectivity index (χ1v) is 5.22. The molecule has 0 amide bonds. The molecule has 0 aliphatic rings. The van der Waals surface area contributed by atoms with Crippen molar-refractivity contribution in [2.75, 3.05) is 20.6 Å². The van der Waals surface area contributed by atoms with E-state index in [2.05, 4.69) is 29.3 Å². The van der Waals surface area contributed by atoms with Crippen molar-refractivity contribution < 1.29 is 0 Å². The average molecular weight is 217 g/mol. The van der Waals surface area contributed by atoms with Crippen LogP contribution in [0.1, 0.15) is 24.4 Å². The van der Waals surface area contributed by atoms with Crippen molar-refractivity contribution in [3.05, 3.63) is 11.9 Å². The normalized spacial score (nSPS) is 13.5. The third kappa shape index (κ3) is 3.64. The van der Waals surface area contributed by atoms with Crippen molar-refractivity contribution in [3.63, 3.8) is 0 Å². The van der Waals surface area contributed by atoms with Gasteiger partial charge in [-0.05, 0) is 34.0 Å². The van der Waals surface area contributed by atoms with Crippen molar-refractivity contribution in [2.45, 2.75) is 25.3 Å². The molecule has 0 aliphatic heterocycles. The predicted molar refractivity (Wildman–Crippen MR) is 57.5 cm³/mol. The lowest BCUT2D eigenvalue weighted by Crippen LogP contribution is -2.15. The zero-order chi connectivity index (χ0) is 10.6. The predicted octanol–water partition coefficient (Wildman–Crippen LogP) is 1.53. The van der Waals surface area contributed by atoms with Gasteiger partial charge in [-0.2, -0.15) is 0 Å². The van der Waals surface area contributed by atoms with E-state index in [1.54, 1.807) is 0 Å². The van der Waals surface area contributed by atoms with E-state index in [4.69, 9.17) is 11.6 Å². The Morgan fingerprint density at radius 3 is 2.79 bits per heavy atom. The summed E-state index contributed by atoms with van der Waals surface area (Å²) in [7, 11) is 4.13. The molecule has 1 atom stereocenters. The number of hydrogen-bond donors (Lipinski definition) is 0. The van der Waals surface area contributed by atoms with Gasteiger partial charge >= 0.3 is 0 Å². The van der Waals surface area contributed by atoms with Crippen LogP contribution in [0.4, 0.5) is 0 Å². The van der Waals surface area contributed by atoms with E-state index in [1.807, 2.05) is 17.8 Å². The van der Waals surface area contributed by atoms with Crippen molar-refractivity contribution in [1.82, 2.24) is 19.9 Å². The minimum Gasteiger partial charge on any atom is -0.309 e. The van der Waals surface area contributed by atoms with E-state index < -0.39 is 0 Å². The second kappa shape index (κ2) is 5.32. The van der Waals surface area contributed by atoms with Crippen LogP contribution in [0.25, 0.3) is 0 Å². The van der Waals surface area contributed by atoms with Crippen LogP contribution in [0, 0.1) is 0 Å². The van der Waals surface area contributed by atoms with Gasteiger partial charge in [-0.25, -0.2) is 0 Å². The van der Waals surface area contributed by atoms with E-state index in [9.17, 15) is 0 Å². The first-order chi connectivity index (χ1) is 6.59. The molecule has 1 heterocycles. The summed E-state index contributed by atoms with van der Waals surface area (Å²) in [6.07, 6.45) is 2.99. The molecule has 1 aromatic rings. The molecule has 0 aliphatic carbocycles. The van der Waals surface area contributed by atoms with Gasteiger partial charge in [0.15, 0.2) is 0 Å². The number of alkyl halides is 1. The van der Waals surface area contributed by atoms with Crippen LogP contribution in [0.15, 0.2) is 6.20 Å². The highest BCUT2D eigenvalue weighted by Crippen LogP contribution is 2.15. The number of aromatic nitrogens is 3. The molecule has 0 spiro atoms. The Morgan fingerprint density at radius 1 is 1.57 bits per heavy atom. The summed E-state index contributed by atoms with van der Waals surface area (Å²) in [5.74, 6) is 0. The van der Waals surface area contributed by atoms with Gasteiger partial charge in [-0.3, -0.25) is 4.68 Å². The Kier molecular flexibility index (Phi) is 4.35. The molecule has 0 N–H and O–H groups in total. The highest BCUT2D eigenvalue weighted by molar-refractivity contribution is 6.20. The number of hydrogen-bond acceptors (Lipinski definition) is 3. The lowest BCUT2D eigenvalue weighted by Gasteiger charge is -2.08. The number of nitrogens with zero attached hydrogens (tertiary/aromatic N) is 4. The van der Waals surface area contributed by atoms with Crippen molar-refractivity contribution in [1.29, 1.82) is 0 Å². The fourth-order valence-corrected chi connectivity index (χ4v) is 1.25. The van der Waals surface area contributed by atoms with E-state index >= 15 is 0 Å². The monoisotopic (exact) mass is 216 g/mol. The first-order valence-electron chi connectivity index (χ1n) is 4.78. The Balaban J connectivity index is 2.36. The molecule has 14 heavy (non-hydrogen) atoms. The largest absolute Gasteiger partial charge is 0.309 e. The number of halogens is 1. The van der Waals surface area contributed by atoms with Gasteiger partial charge in [0.05, 0.1) is 5.38 Å². The molecule has 0 saturated heterocycles. The van der Waals surface area contributed by atoms with Crippen molar-refractivity contribution in [2.24, 2.45) is 0 Å². The van der Waals surface area contributed by atoms with E-state index in [0.29, 0.717) is 0 Å². The summed E-state index contributed by atoms with van der Waals surface area (Å²) in [6.45, 7) is 3.86. The van der Waals surface area contributed by atoms with Crippen LogP contribution in [0.2, 0.25) is 0 Å². The second-order valence-corrected chi connectivity index (χ2v) is 4.33. The quantitative estimate of drug-likeness (QED) is 0.701. The smallest absolute Gasteiger partial charge is 0.100 e. The molecule has 0 fully saturated rings. The molecule has 4 nitrogen and oxygen atoms in total. The molecular weight excluding hydrogens is 200 g/mol. The maximum atomic E-state index is 5.88. The highest BCUT2D eigenvalue weighted by Gasteiger charge is 2.05. The standard InChI is InChI=1S/C9H17ClN4/c1-8(10)9-7-14(12-11-9)6-4-5-13(2)3/h7-8H,4-6H2,1-3H3. The number of rotatable bonds is 5.